The van der Waals surface area contributed by atoms with Crippen LogP contribution in [-0.4, -0.2) is 36.3 Å². The summed E-state index contributed by atoms with van der Waals surface area (Å²) in [7, 11) is 0. The first-order valence-corrected chi connectivity index (χ1v) is 7.15. The molecule has 0 saturated carbocycles. The Morgan fingerprint density at radius 2 is 2.20 bits per heavy atom. The fourth-order valence-corrected chi connectivity index (χ4v) is 4.19. The summed E-state index contributed by atoms with van der Waals surface area (Å²) in [5.74, 6) is 2.48. The molecule has 2 saturated heterocycles. The molecule has 15 heavy (non-hydrogen) atoms. The Kier molecular flexibility index (Phi) is 3.34. The van der Waals surface area contributed by atoms with E-state index in [9.17, 15) is 0 Å². The van der Waals surface area contributed by atoms with Crippen molar-refractivity contribution in [3.8, 4) is 0 Å². The third kappa shape index (κ3) is 2.34. The van der Waals surface area contributed by atoms with Crippen molar-refractivity contribution in [3.05, 3.63) is 0 Å². The number of morpholine rings is 1. The highest BCUT2D eigenvalue weighted by atomic mass is 32.2. The van der Waals surface area contributed by atoms with Gasteiger partial charge in [-0.2, -0.15) is 11.8 Å². The van der Waals surface area contributed by atoms with Crippen LogP contribution in [0.5, 0.6) is 0 Å². The van der Waals surface area contributed by atoms with Gasteiger partial charge in [0.05, 0.1) is 12.2 Å². The molecule has 1 N–H and O–H groups in total. The molecule has 0 aromatic carbocycles. The van der Waals surface area contributed by atoms with Gasteiger partial charge in [-0.25, -0.2) is 0 Å². The van der Waals surface area contributed by atoms with E-state index < -0.39 is 0 Å². The molecule has 0 radical (unpaired) electrons. The third-order valence-corrected chi connectivity index (χ3v) is 4.74. The molecule has 2 heterocycles. The zero-order valence-corrected chi connectivity index (χ0v) is 11.0. The van der Waals surface area contributed by atoms with Crippen LogP contribution in [0.2, 0.25) is 0 Å². The smallest absolute Gasteiger partial charge is 0.0930 e. The summed E-state index contributed by atoms with van der Waals surface area (Å²) in [5, 5.41) is 3.68. The van der Waals surface area contributed by atoms with Crippen LogP contribution >= 0.6 is 11.8 Å². The van der Waals surface area contributed by atoms with E-state index in [0.717, 1.165) is 13.2 Å². The van der Waals surface area contributed by atoms with Gasteiger partial charge in [-0.3, -0.25) is 0 Å². The monoisotopic (exact) mass is 229 g/mol. The number of nitrogens with one attached hydrogen (secondary N) is 1. The second-order valence-corrected chi connectivity index (χ2v) is 6.93. The van der Waals surface area contributed by atoms with Gasteiger partial charge in [0.25, 0.3) is 0 Å². The first-order chi connectivity index (χ1) is 7.05. The van der Waals surface area contributed by atoms with E-state index in [2.05, 4.69) is 37.8 Å². The van der Waals surface area contributed by atoms with Gasteiger partial charge >= 0.3 is 0 Å². The summed E-state index contributed by atoms with van der Waals surface area (Å²) >= 11 is 2.06. The van der Waals surface area contributed by atoms with E-state index in [1.807, 2.05) is 0 Å². The van der Waals surface area contributed by atoms with Crippen LogP contribution in [0.1, 0.15) is 33.6 Å². The largest absolute Gasteiger partial charge is 0.371 e. The minimum atomic E-state index is 0.111. The minimum absolute atomic E-state index is 0.111. The Morgan fingerprint density at radius 1 is 1.40 bits per heavy atom. The molecule has 0 aromatic heterocycles. The SMILES string of the molecule is CC(C)(C)C1NCCOC12CCCSC2. The van der Waals surface area contributed by atoms with Crippen LogP contribution in [0.15, 0.2) is 0 Å². The Morgan fingerprint density at radius 3 is 2.80 bits per heavy atom. The molecule has 2 fully saturated rings. The molecule has 2 nitrogen and oxygen atoms in total. The van der Waals surface area contributed by atoms with Crippen molar-refractivity contribution in [2.24, 2.45) is 5.41 Å². The topological polar surface area (TPSA) is 21.3 Å². The van der Waals surface area contributed by atoms with Gasteiger partial charge in [0.15, 0.2) is 0 Å². The molecule has 2 aliphatic heterocycles. The van der Waals surface area contributed by atoms with Crippen LogP contribution < -0.4 is 5.32 Å². The highest BCUT2D eigenvalue weighted by molar-refractivity contribution is 7.99. The van der Waals surface area contributed by atoms with E-state index >= 15 is 0 Å². The van der Waals surface area contributed by atoms with E-state index in [1.54, 1.807) is 0 Å². The lowest BCUT2D eigenvalue weighted by atomic mass is 9.74. The molecule has 0 aromatic rings. The van der Waals surface area contributed by atoms with Gasteiger partial charge in [0, 0.05) is 18.3 Å². The maximum absolute atomic E-state index is 6.16. The number of hydrogen-bond acceptors (Lipinski definition) is 3. The Labute approximate surface area is 97.5 Å². The van der Waals surface area contributed by atoms with Crippen LogP contribution in [-0.2, 0) is 4.74 Å². The predicted octanol–water partition coefficient (Wildman–Crippen LogP) is 2.29. The highest BCUT2D eigenvalue weighted by Crippen LogP contribution is 2.40. The first kappa shape index (κ1) is 11.7. The molecule has 2 aliphatic rings. The van der Waals surface area contributed by atoms with Crippen molar-refractivity contribution in [1.29, 1.82) is 0 Å². The predicted molar refractivity (Wildman–Crippen MR) is 66.5 cm³/mol. The van der Waals surface area contributed by atoms with Gasteiger partial charge in [0.2, 0.25) is 0 Å². The second-order valence-electron chi connectivity index (χ2n) is 5.82. The molecule has 0 bridgehead atoms. The fourth-order valence-electron chi connectivity index (χ4n) is 2.95. The third-order valence-electron chi connectivity index (χ3n) is 3.47. The standard InChI is InChI=1S/C12H23NOS/c1-11(2,3)10-12(14-7-6-13-10)5-4-8-15-9-12/h10,13H,4-9H2,1-3H3. The molecule has 2 rings (SSSR count). The van der Waals surface area contributed by atoms with Gasteiger partial charge in [-0.1, -0.05) is 20.8 Å². The maximum Gasteiger partial charge on any atom is 0.0930 e. The van der Waals surface area contributed by atoms with Gasteiger partial charge < -0.3 is 10.1 Å². The maximum atomic E-state index is 6.16. The van der Waals surface area contributed by atoms with Gasteiger partial charge in [-0.15, -0.1) is 0 Å². The molecule has 0 aliphatic carbocycles. The van der Waals surface area contributed by atoms with Crippen molar-refractivity contribution >= 4 is 11.8 Å². The average Bonchev–Trinajstić information content (AvgIpc) is 2.18. The summed E-state index contributed by atoms with van der Waals surface area (Å²) < 4.78 is 6.16. The number of rotatable bonds is 0. The first-order valence-electron chi connectivity index (χ1n) is 6.00. The lowest BCUT2D eigenvalue weighted by Crippen LogP contribution is -2.65. The van der Waals surface area contributed by atoms with Crippen molar-refractivity contribution in [3.63, 3.8) is 0 Å². The van der Waals surface area contributed by atoms with E-state index in [4.69, 9.17) is 4.74 Å². The van der Waals surface area contributed by atoms with Crippen molar-refractivity contribution in [2.45, 2.75) is 45.3 Å². The normalized spacial score (nSPS) is 38.2. The number of ether oxygens (including phenoxy) is 1. The molecular weight excluding hydrogens is 206 g/mol. The Bertz CT molecular complexity index is 210. The van der Waals surface area contributed by atoms with Crippen LogP contribution in [0.3, 0.4) is 0 Å². The molecule has 3 heteroatoms. The molecule has 1 spiro atoms. The summed E-state index contributed by atoms with van der Waals surface area (Å²) in [6.45, 7) is 8.85. The van der Waals surface area contributed by atoms with Crippen LogP contribution in [0.25, 0.3) is 0 Å². The van der Waals surface area contributed by atoms with Crippen molar-refractivity contribution in [1.82, 2.24) is 5.32 Å². The molecule has 88 valence electrons. The van der Waals surface area contributed by atoms with Crippen molar-refractivity contribution < 1.29 is 4.74 Å². The Hall–Kier alpha value is 0.270. The van der Waals surface area contributed by atoms with Crippen molar-refractivity contribution in [2.75, 3.05) is 24.7 Å². The molecule has 2 atom stereocenters. The summed E-state index contributed by atoms with van der Waals surface area (Å²) in [6.07, 6.45) is 2.54. The van der Waals surface area contributed by atoms with Crippen LogP contribution in [0.4, 0.5) is 0 Å². The zero-order valence-electron chi connectivity index (χ0n) is 10.1. The Balaban J connectivity index is 2.17. The number of hydrogen-bond donors (Lipinski definition) is 1. The zero-order chi connectivity index (χ0) is 10.9. The lowest BCUT2D eigenvalue weighted by molar-refractivity contribution is -0.113. The van der Waals surface area contributed by atoms with E-state index in [0.29, 0.717) is 11.5 Å². The highest BCUT2D eigenvalue weighted by Gasteiger charge is 2.48. The molecule has 2 unspecified atom stereocenters. The quantitative estimate of drug-likeness (QED) is 0.688. The van der Waals surface area contributed by atoms with E-state index in [-0.39, 0.29) is 5.60 Å². The fraction of sp³-hybridized carbons (Fsp3) is 1.00. The average molecular weight is 229 g/mol. The summed E-state index contributed by atoms with van der Waals surface area (Å²) in [6, 6.07) is 0.506. The second kappa shape index (κ2) is 4.27. The van der Waals surface area contributed by atoms with Gasteiger partial charge in [-0.05, 0) is 24.0 Å². The van der Waals surface area contributed by atoms with E-state index in [1.165, 1.54) is 24.3 Å². The summed E-state index contributed by atoms with van der Waals surface area (Å²) in [4.78, 5) is 0. The number of thioether (sulfide) groups is 1. The lowest BCUT2D eigenvalue weighted by Gasteiger charge is -2.51. The summed E-state index contributed by atoms with van der Waals surface area (Å²) in [5.41, 5.74) is 0.401. The van der Waals surface area contributed by atoms with Gasteiger partial charge in [0.1, 0.15) is 0 Å². The molecular formula is C12H23NOS. The van der Waals surface area contributed by atoms with Crippen LogP contribution in [0, 0.1) is 5.41 Å². The molecule has 0 amide bonds. The minimum Gasteiger partial charge on any atom is -0.371 e.